The van der Waals surface area contributed by atoms with E-state index >= 15 is 0 Å². The molecule has 0 spiro atoms. The summed E-state index contributed by atoms with van der Waals surface area (Å²) in [5.41, 5.74) is 6.68. The van der Waals surface area contributed by atoms with Crippen LogP contribution in [0.3, 0.4) is 0 Å². The second-order valence-corrected chi connectivity index (χ2v) is 6.40. The Morgan fingerprint density at radius 2 is 2.00 bits per heavy atom. The Hall–Kier alpha value is -1.69. The van der Waals surface area contributed by atoms with Gasteiger partial charge in [0.15, 0.2) is 5.84 Å². The van der Waals surface area contributed by atoms with Crippen LogP contribution in [-0.2, 0) is 0 Å². The maximum absolute atomic E-state index is 12.2. The van der Waals surface area contributed by atoms with Gasteiger partial charge in [-0.2, -0.15) is 11.8 Å². The Balaban J connectivity index is 1.97. The molecule has 1 aliphatic rings. The lowest BCUT2D eigenvalue weighted by Gasteiger charge is -2.28. The lowest BCUT2D eigenvalue weighted by Crippen LogP contribution is -2.39. The molecule has 2 atom stereocenters. The van der Waals surface area contributed by atoms with Crippen molar-refractivity contribution in [2.45, 2.75) is 37.0 Å². The summed E-state index contributed by atoms with van der Waals surface area (Å²) in [7, 11) is 0. The van der Waals surface area contributed by atoms with Crippen LogP contribution in [0.2, 0.25) is 0 Å². The molecule has 2 unspecified atom stereocenters. The van der Waals surface area contributed by atoms with E-state index in [1.54, 1.807) is 24.3 Å². The fraction of sp³-hybridized carbons (Fsp3) is 0.467. The van der Waals surface area contributed by atoms with E-state index in [2.05, 4.69) is 16.7 Å². The third-order valence-corrected chi connectivity index (χ3v) is 4.94. The van der Waals surface area contributed by atoms with Crippen molar-refractivity contribution in [1.29, 1.82) is 0 Å². The molecule has 5 nitrogen and oxygen atoms in total. The van der Waals surface area contributed by atoms with Gasteiger partial charge in [0.1, 0.15) is 0 Å². The van der Waals surface area contributed by atoms with E-state index in [0.29, 0.717) is 16.4 Å². The smallest absolute Gasteiger partial charge is 0.251 e. The van der Waals surface area contributed by atoms with Crippen LogP contribution in [0.25, 0.3) is 0 Å². The van der Waals surface area contributed by atoms with Gasteiger partial charge in [0.25, 0.3) is 5.91 Å². The van der Waals surface area contributed by atoms with Crippen LogP contribution >= 0.6 is 11.8 Å². The molecule has 2 rings (SSSR count). The van der Waals surface area contributed by atoms with Crippen LogP contribution in [0.1, 0.15) is 41.6 Å². The summed E-state index contributed by atoms with van der Waals surface area (Å²) < 4.78 is 0. The minimum atomic E-state index is -0.0622. The first kappa shape index (κ1) is 15.7. The number of rotatable bonds is 4. The van der Waals surface area contributed by atoms with Gasteiger partial charge in [-0.3, -0.25) is 4.79 Å². The summed E-state index contributed by atoms with van der Waals surface area (Å²) in [5, 5.41) is 15.3. The Morgan fingerprint density at radius 3 is 2.62 bits per heavy atom. The first-order valence-corrected chi connectivity index (χ1v) is 8.34. The van der Waals surface area contributed by atoms with Gasteiger partial charge in [-0.25, -0.2) is 0 Å². The third kappa shape index (κ3) is 4.14. The molecule has 114 valence electrons. The van der Waals surface area contributed by atoms with Gasteiger partial charge >= 0.3 is 0 Å². The van der Waals surface area contributed by atoms with Gasteiger partial charge in [-0.1, -0.05) is 23.7 Å². The van der Waals surface area contributed by atoms with E-state index in [1.807, 2.05) is 11.8 Å². The second kappa shape index (κ2) is 7.36. The molecule has 1 aromatic rings. The molecule has 0 bridgehead atoms. The Morgan fingerprint density at radius 1 is 1.33 bits per heavy atom. The molecule has 0 aromatic heterocycles. The molecule has 6 heteroatoms. The molecule has 0 aliphatic heterocycles. The number of nitrogens with zero attached hydrogens (tertiary/aromatic N) is 1. The van der Waals surface area contributed by atoms with Gasteiger partial charge in [0.2, 0.25) is 0 Å². The third-order valence-electron chi connectivity index (χ3n) is 3.85. The number of amidine groups is 1. The predicted octanol–water partition coefficient (Wildman–Crippen LogP) is 2.19. The second-order valence-electron chi connectivity index (χ2n) is 5.26. The van der Waals surface area contributed by atoms with Gasteiger partial charge in [0, 0.05) is 22.4 Å². The van der Waals surface area contributed by atoms with Crippen LogP contribution < -0.4 is 11.1 Å². The predicted molar refractivity (Wildman–Crippen MR) is 86.0 cm³/mol. The van der Waals surface area contributed by atoms with Gasteiger partial charge in [0.05, 0.1) is 0 Å². The number of oxime groups is 1. The van der Waals surface area contributed by atoms with E-state index in [4.69, 9.17) is 10.9 Å². The minimum absolute atomic E-state index is 0.0389. The van der Waals surface area contributed by atoms with E-state index < -0.39 is 0 Å². The van der Waals surface area contributed by atoms with Gasteiger partial charge in [-0.15, -0.1) is 0 Å². The molecule has 1 saturated carbocycles. The molecule has 0 radical (unpaired) electrons. The fourth-order valence-electron chi connectivity index (χ4n) is 2.61. The minimum Gasteiger partial charge on any atom is -0.409 e. The summed E-state index contributed by atoms with van der Waals surface area (Å²) in [6, 6.07) is 6.99. The molecular formula is C15H21N3O2S. The van der Waals surface area contributed by atoms with Crippen LogP contribution in [0.4, 0.5) is 0 Å². The number of amides is 1. The average molecular weight is 307 g/mol. The highest BCUT2D eigenvalue weighted by Gasteiger charge is 2.22. The van der Waals surface area contributed by atoms with Gasteiger partial charge in [-0.05, 0) is 37.7 Å². The van der Waals surface area contributed by atoms with Crippen molar-refractivity contribution in [2.75, 3.05) is 6.26 Å². The number of hydrogen-bond acceptors (Lipinski definition) is 4. The van der Waals surface area contributed by atoms with Crippen molar-refractivity contribution in [2.24, 2.45) is 10.9 Å². The Kier molecular flexibility index (Phi) is 5.50. The van der Waals surface area contributed by atoms with E-state index in [-0.39, 0.29) is 17.8 Å². The van der Waals surface area contributed by atoms with E-state index in [9.17, 15) is 4.79 Å². The van der Waals surface area contributed by atoms with E-state index in [0.717, 1.165) is 12.8 Å². The number of thioether (sulfide) groups is 1. The summed E-state index contributed by atoms with van der Waals surface area (Å²) in [6.07, 6.45) is 6.61. The number of carbonyl (C=O) groups is 1. The quantitative estimate of drug-likeness (QED) is 0.344. The Bertz CT molecular complexity index is 516. The molecule has 1 amide bonds. The van der Waals surface area contributed by atoms with Crippen LogP contribution in [0, 0.1) is 0 Å². The molecule has 1 aromatic carbocycles. The summed E-state index contributed by atoms with van der Waals surface area (Å²) in [5.74, 6) is -0.0233. The van der Waals surface area contributed by atoms with Crippen LogP contribution in [-0.4, -0.2) is 34.5 Å². The maximum Gasteiger partial charge on any atom is 0.251 e. The summed E-state index contributed by atoms with van der Waals surface area (Å²) >= 11 is 1.88. The normalized spacial score (nSPS) is 22.8. The maximum atomic E-state index is 12.2. The number of carbonyl (C=O) groups excluding carboxylic acids is 1. The molecule has 0 saturated heterocycles. The summed E-state index contributed by atoms with van der Waals surface area (Å²) in [6.45, 7) is 0. The standard InChI is InChI=1S/C15H21N3O2S/c1-21-13-4-2-3-12(9-13)17-15(19)11-7-5-10(6-8-11)14(16)18-20/h5-8,12-13,20H,2-4,9H2,1H3,(H2,16,18)(H,17,19). The van der Waals surface area contributed by atoms with E-state index in [1.165, 1.54) is 12.8 Å². The zero-order valence-electron chi connectivity index (χ0n) is 12.1. The molecule has 1 fully saturated rings. The molecule has 1 aliphatic carbocycles. The molecule has 0 heterocycles. The highest BCUT2D eigenvalue weighted by atomic mass is 32.2. The zero-order valence-corrected chi connectivity index (χ0v) is 12.9. The van der Waals surface area contributed by atoms with Crippen molar-refractivity contribution in [3.63, 3.8) is 0 Å². The lowest BCUT2D eigenvalue weighted by atomic mass is 9.94. The largest absolute Gasteiger partial charge is 0.409 e. The number of benzene rings is 1. The van der Waals surface area contributed by atoms with Crippen molar-refractivity contribution in [3.05, 3.63) is 35.4 Å². The van der Waals surface area contributed by atoms with Gasteiger partial charge < -0.3 is 16.3 Å². The highest BCUT2D eigenvalue weighted by molar-refractivity contribution is 7.99. The SMILES string of the molecule is CSC1CCCC(NC(=O)c2ccc(/C(N)=N/O)cc2)C1. The molecule has 21 heavy (non-hydrogen) atoms. The van der Waals surface area contributed by atoms with Crippen molar-refractivity contribution in [1.82, 2.24) is 5.32 Å². The molecular weight excluding hydrogens is 286 g/mol. The van der Waals surface area contributed by atoms with Crippen molar-refractivity contribution < 1.29 is 10.0 Å². The molecule has 4 N–H and O–H groups in total. The topological polar surface area (TPSA) is 87.7 Å². The number of nitrogens with two attached hydrogens (primary N) is 1. The number of nitrogens with one attached hydrogen (secondary N) is 1. The highest BCUT2D eigenvalue weighted by Crippen LogP contribution is 2.27. The first-order valence-electron chi connectivity index (χ1n) is 7.05. The first-order chi connectivity index (χ1) is 10.1. The van der Waals surface area contributed by atoms with Crippen molar-refractivity contribution >= 4 is 23.5 Å². The monoisotopic (exact) mass is 307 g/mol. The van der Waals surface area contributed by atoms with Crippen LogP contribution in [0.15, 0.2) is 29.4 Å². The number of hydrogen-bond donors (Lipinski definition) is 3. The van der Waals surface area contributed by atoms with Crippen molar-refractivity contribution in [3.8, 4) is 0 Å². The van der Waals surface area contributed by atoms with Crippen LogP contribution in [0.5, 0.6) is 0 Å². The lowest BCUT2D eigenvalue weighted by molar-refractivity contribution is 0.0928. The summed E-state index contributed by atoms with van der Waals surface area (Å²) in [4.78, 5) is 12.2. The zero-order chi connectivity index (χ0) is 15.2. The Labute approximate surface area is 129 Å². The average Bonchev–Trinajstić information content (AvgIpc) is 2.54. The fourth-order valence-corrected chi connectivity index (χ4v) is 3.44.